The summed E-state index contributed by atoms with van der Waals surface area (Å²) in [7, 11) is -0.793. The molecule has 0 bridgehead atoms. The molecule has 6 nitrogen and oxygen atoms in total. The molecule has 0 spiro atoms. The van der Waals surface area contributed by atoms with E-state index in [0.29, 0.717) is 44.0 Å². The third kappa shape index (κ3) is 3.26. The molecule has 0 aliphatic carbocycles. The Morgan fingerprint density at radius 3 is 2.37 bits per heavy atom. The lowest BCUT2D eigenvalue weighted by Gasteiger charge is -2.40. The van der Waals surface area contributed by atoms with Crippen molar-refractivity contribution in [2.45, 2.75) is 25.8 Å². The molecular formula is C12H20N2O4S. The summed E-state index contributed by atoms with van der Waals surface area (Å²) in [6.07, 6.45) is 1.03. The van der Waals surface area contributed by atoms with E-state index < -0.39 is 16.8 Å². The average molecular weight is 288 g/mol. The first-order chi connectivity index (χ1) is 8.99. The molecular weight excluding hydrogens is 268 g/mol. The van der Waals surface area contributed by atoms with Crippen molar-refractivity contribution in [2.75, 3.05) is 31.1 Å². The molecule has 0 aromatic heterocycles. The van der Waals surface area contributed by atoms with E-state index in [9.17, 15) is 13.8 Å². The number of carbonyl (C=O) groups is 2. The van der Waals surface area contributed by atoms with Crippen LogP contribution in [0.1, 0.15) is 19.8 Å². The SMILES string of the molecule is CC1CC(C(=O)O)CCN1C(=O)N1CCS(=O)CC1. The number of rotatable bonds is 1. The number of likely N-dealkylation sites (tertiary alicyclic amines) is 1. The van der Waals surface area contributed by atoms with Crippen LogP contribution in [0.15, 0.2) is 0 Å². The summed E-state index contributed by atoms with van der Waals surface area (Å²) in [5.41, 5.74) is 0. The van der Waals surface area contributed by atoms with Crippen LogP contribution in [0.3, 0.4) is 0 Å². The molecule has 1 N–H and O–H groups in total. The Bertz CT molecular complexity index is 391. The Morgan fingerprint density at radius 1 is 1.21 bits per heavy atom. The van der Waals surface area contributed by atoms with Gasteiger partial charge in [0, 0.05) is 48.0 Å². The van der Waals surface area contributed by atoms with Gasteiger partial charge in [-0.05, 0) is 19.8 Å². The maximum absolute atomic E-state index is 12.4. The van der Waals surface area contributed by atoms with Crippen molar-refractivity contribution in [1.82, 2.24) is 9.80 Å². The van der Waals surface area contributed by atoms with Crippen molar-refractivity contribution in [3.05, 3.63) is 0 Å². The van der Waals surface area contributed by atoms with E-state index in [1.54, 1.807) is 9.80 Å². The summed E-state index contributed by atoms with van der Waals surface area (Å²) in [6.45, 7) is 3.47. The van der Waals surface area contributed by atoms with E-state index in [2.05, 4.69) is 0 Å². The molecule has 0 aromatic rings. The number of amides is 2. The number of nitrogens with zero attached hydrogens (tertiary/aromatic N) is 2. The lowest BCUT2D eigenvalue weighted by molar-refractivity contribution is -0.143. The molecule has 2 rings (SSSR count). The lowest BCUT2D eigenvalue weighted by atomic mass is 9.92. The van der Waals surface area contributed by atoms with Crippen molar-refractivity contribution in [3.8, 4) is 0 Å². The fourth-order valence-electron chi connectivity index (χ4n) is 2.69. The zero-order chi connectivity index (χ0) is 14.0. The van der Waals surface area contributed by atoms with Gasteiger partial charge in [-0.1, -0.05) is 0 Å². The normalized spacial score (nSPS) is 29.3. The Hall–Kier alpha value is -1.11. The molecule has 2 amide bonds. The van der Waals surface area contributed by atoms with E-state index in [1.807, 2.05) is 6.92 Å². The first-order valence-electron chi connectivity index (χ1n) is 6.62. The molecule has 0 saturated carbocycles. The second-order valence-corrected chi connectivity index (χ2v) is 6.92. The van der Waals surface area contributed by atoms with Gasteiger partial charge in [-0.2, -0.15) is 0 Å². The Kier molecular flexibility index (Phi) is 4.44. The number of aliphatic carboxylic acids is 1. The summed E-state index contributed by atoms with van der Waals surface area (Å²) < 4.78 is 11.3. The molecule has 2 aliphatic rings. The van der Waals surface area contributed by atoms with Crippen LogP contribution in [0, 0.1) is 5.92 Å². The number of carbonyl (C=O) groups excluding carboxylic acids is 1. The minimum atomic E-state index is -0.793. The molecule has 108 valence electrons. The van der Waals surface area contributed by atoms with E-state index in [4.69, 9.17) is 5.11 Å². The van der Waals surface area contributed by atoms with Crippen LogP contribution in [-0.2, 0) is 15.6 Å². The van der Waals surface area contributed by atoms with Crippen LogP contribution in [-0.4, -0.2) is 68.3 Å². The number of carboxylic acids is 1. The van der Waals surface area contributed by atoms with Crippen LogP contribution in [0.25, 0.3) is 0 Å². The summed E-state index contributed by atoms with van der Waals surface area (Å²) in [5.74, 6) is -0.0162. The summed E-state index contributed by atoms with van der Waals surface area (Å²) >= 11 is 0. The predicted molar refractivity (Wildman–Crippen MR) is 71.4 cm³/mol. The van der Waals surface area contributed by atoms with Gasteiger partial charge in [0.15, 0.2) is 0 Å². The van der Waals surface area contributed by atoms with E-state index >= 15 is 0 Å². The quantitative estimate of drug-likeness (QED) is 0.755. The van der Waals surface area contributed by atoms with Gasteiger partial charge in [0.25, 0.3) is 0 Å². The molecule has 19 heavy (non-hydrogen) atoms. The second kappa shape index (κ2) is 5.90. The topological polar surface area (TPSA) is 77.9 Å². The second-order valence-electron chi connectivity index (χ2n) is 5.22. The molecule has 7 heteroatoms. The van der Waals surface area contributed by atoms with Crippen LogP contribution in [0.4, 0.5) is 4.79 Å². The highest BCUT2D eigenvalue weighted by molar-refractivity contribution is 7.85. The highest BCUT2D eigenvalue weighted by atomic mass is 32.2. The highest BCUT2D eigenvalue weighted by Gasteiger charge is 2.34. The van der Waals surface area contributed by atoms with Crippen LogP contribution in [0.2, 0.25) is 0 Å². The van der Waals surface area contributed by atoms with Crippen molar-refractivity contribution in [1.29, 1.82) is 0 Å². The molecule has 2 fully saturated rings. The fourth-order valence-corrected chi connectivity index (χ4v) is 3.74. The van der Waals surface area contributed by atoms with E-state index in [1.165, 1.54) is 0 Å². The number of piperidine rings is 1. The zero-order valence-electron chi connectivity index (χ0n) is 11.1. The molecule has 0 aromatic carbocycles. The molecule has 2 heterocycles. The molecule has 2 atom stereocenters. The predicted octanol–water partition coefficient (Wildman–Crippen LogP) is 0.356. The van der Waals surface area contributed by atoms with Gasteiger partial charge in [-0.25, -0.2) is 4.79 Å². The number of urea groups is 1. The molecule has 2 saturated heterocycles. The van der Waals surface area contributed by atoms with Crippen LogP contribution in [0.5, 0.6) is 0 Å². The average Bonchev–Trinajstić information content (AvgIpc) is 2.38. The van der Waals surface area contributed by atoms with E-state index in [0.717, 1.165) is 0 Å². The van der Waals surface area contributed by atoms with Crippen molar-refractivity contribution >= 4 is 22.8 Å². The first kappa shape index (κ1) is 14.3. The van der Waals surface area contributed by atoms with Gasteiger partial charge in [0.1, 0.15) is 0 Å². The zero-order valence-corrected chi connectivity index (χ0v) is 11.9. The van der Waals surface area contributed by atoms with Gasteiger partial charge in [-0.3, -0.25) is 9.00 Å². The summed E-state index contributed by atoms with van der Waals surface area (Å²) in [4.78, 5) is 26.8. The summed E-state index contributed by atoms with van der Waals surface area (Å²) in [5, 5.41) is 9.01. The third-order valence-electron chi connectivity index (χ3n) is 3.92. The Morgan fingerprint density at radius 2 is 1.84 bits per heavy atom. The maximum atomic E-state index is 12.4. The maximum Gasteiger partial charge on any atom is 0.320 e. The number of hydrogen-bond acceptors (Lipinski definition) is 3. The minimum Gasteiger partial charge on any atom is -0.481 e. The largest absolute Gasteiger partial charge is 0.481 e. The van der Waals surface area contributed by atoms with Crippen molar-refractivity contribution < 1.29 is 18.9 Å². The van der Waals surface area contributed by atoms with Crippen molar-refractivity contribution in [2.24, 2.45) is 5.92 Å². The smallest absolute Gasteiger partial charge is 0.320 e. The Labute approximate surface area is 115 Å². The molecule has 0 radical (unpaired) electrons. The molecule has 2 unspecified atom stereocenters. The minimum absolute atomic E-state index is 0.0342. The monoisotopic (exact) mass is 288 g/mol. The first-order valence-corrected chi connectivity index (χ1v) is 8.11. The fraction of sp³-hybridized carbons (Fsp3) is 0.833. The van der Waals surface area contributed by atoms with Gasteiger partial charge in [0.2, 0.25) is 0 Å². The number of carboxylic acid groups (broad SMARTS) is 1. The standard InChI is InChI=1S/C12H20N2O4S/c1-9-8-10(11(15)16)2-3-14(9)12(17)13-4-6-19(18)7-5-13/h9-10H,2-8H2,1H3,(H,15,16). The lowest BCUT2D eigenvalue weighted by Crippen LogP contribution is -2.54. The molecule has 2 aliphatic heterocycles. The van der Waals surface area contributed by atoms with Gasteiger partial charge in [-0.15, -0.1) is 0 Å². The van der Waals surface area contributed by atoms with Gasteiger partial charge >= 0.3 is 12.0 Å². The Balaban J connectivity index is 1.93. The van der Waals surface area contributed by atoms with E-state index in [-0.39, 0.29) is 18.0 Å². The summed E-state index contributed by atoms with van der Waals surface area (Å²) in [6, 6.07) is -0.0807. The van der Waals surface area contributed by atoms with Crippen molar-refractivity contribution in [3.63, 3.8) is 0 Å². The van der Waals surface area contributed by atoms with Gasteiger partial charge in [0.05, 0.1) is 5.92 Å². The highest BCUT2D eigenvalue weighted by Crippen LogP contribution is 2.24. The van der Waals surface area contributed by atoms with Crippen LogP contribution < -0.4 is 0 Å². The van der Waals surface area contributed by atoms with Gasteiger partial charge < -0.3 is 14.9 Å². The third-order valence-corrected chi connectivity index (χ3v) is 5.20. The van der Waals surface area contributed by atoms with Crippen LogP contribution >= 0.6 is 0 Å². The number of hydrogen-bond donors (Lipinski definition) is 1.